The van der Waals surface area contributed by atoms with Gasteiger partial charge in [0, 0.05) is 12.5 Å². The normalized spacial score (nSPS) is 12.9. The number of rotatable bonds is 10. The predicted octanol–water partition coefficient (Wildman–Crippen LogP) is 2.45. The third-order valence-electron chi connectivity index (χ3n) is 2.70. The Labute approximate surface area is 116 Å². The number of carbonyl (C=O) groups is 2. The minimum Gasteiger partial charge on any atom is -0.366 e. The maximum atomic E-state index is 11.7. The van der Waals surface area contributed by atoms with Crippen LogP contribution in [-0.2, 0) is 9.59 Å². The number of primary amides is 1. The second kappa shape index (κ2) is 11.5. The van der Waals surface area contributed by atoms with Gasteiger partial charge < -0.3 is 11.1 Å². The molecular formula is C15H26N2O2. The molecule has 0 aromatic heterocycles. The van der Waals surface area contributed by atoms with Crippen LogP contribution in [0, 0.1) is 0 Å². The van der Waals surface area contributed by atoms with Crippen LogP contribution in [-0.4, -0.2) is 17.9 Å². The van der Waals surface area contributed by atoms with Crippen molar-refractivity contribution in [1.82, 2.24) is 5.32 Å². The van der Waals surface area contributed by atoms with E-state index >= 15 is 0 Å². The van der Waals surface area contributed by atoms with E-state index in [4.69, 9.17) is 5.73 Å². The number of hydrogen-bond donors (Lipinski definition) is 2. The topological polar surface area (TPSA) is 72.2 Å². The SMILES string of the molecule is C/C=C/C(/C=C/C(N)=O)NC(=O)CCCCCCC. The van der Waals surface area contributed by atoms with Crippen molar-refractivity contribution in [3.63, 3.8) is 0 Å². The van der Waals surface area contributed by atoms with E-state index in [2.05, 4.69) is 12.2 Å². The molecule has 19 heavy (non-hydrogen) atoms. The average Bonchev–Trinajstić information content (AvgIpc) is 2.36. The lowest BCUT2D eigenvalue weighted by molar-refractivity contribution is -0.121. The molecule has 0 rings (SSSR count). The Balaban J connectivity index is 4.00. The summed E-state index contributed by atoms with van der Waals surface area (Å²) >= 11 is 0. The van der Waals surface area contributed by atoms with Crippen molar-refractivity contribution in [3.8, 4) is 0 Å². The molecule has 0 aliphatic rings. The molecule has 2 amide bonds. The molecule has 0 heterocycles. The van der Waals surface area contributed by atoms with E-state index in [1.165, 1.54) is 25.3 Å². The molecule has 0 saturated heterocycles. The van der Waals surface area contributed by atoms with Crippen molar-refractivity contribution in [3.05, 3.63) is 24.3 Å². The van der Waals surface area contributed by atoms with Gasteiger partial charge in [-0.1, -0.05) is 50.8 Å². The van der Waals surface area contributed by atoms with Gasteiger partial charge in [0.05, 0.1) is 6.04 Å². The Morgan fingerprint density at radius 1 is 1.16 bits per heavy atom. The smallest absolute Gasteiger partial charge is 0.241 e. The summed E-state index contributed by atoms with van der Waals surface area (Å²) in [6.45, 7) is 4.03. The molecule has 0 aromatic rings. The van der Waals surface area contributed by atoms with E-state index in [1.54, 1.807) is 6.08 Å². The van der Waals surface area contributed by atoms with Gasteiger partial charge in [-0.15, -0.1) is 0 Å². The van der Waals surface area contributed by atoms with Gasteiger partial charge in [0.25, 0.3) is 0 Å². The molecule has 0 aliphatic heterocycles. The zero-order valence-corrected chi connectivity index (χ0v) is 12.0. The standard InChI is InChI=1S/C15H26N2O2/c1-3-5-6-7-8-10-15(19)17-13(9-4-2)11-12-14(16)18/h4,9,11-13H,3,5-8,10H2,1-2H3,(H2,16,18)(H,17,19)/b9-4+,12-11+. The molecule has 0 spiro atoms. The minimum atomic E-state index is -0.511. The van der Waals surface area contributed by atoms with Crippen LogP contribution in [0.25, 0.3) is 0 Å². The van der Waals surface area contributed by atoms with Crippen molar-refractivity contribution < 1.29 is 9.59 Å². The highest BCUT2D eigenvalue weighted by molar-refractivity contribution is 5.86. The van der Waals surface area contributed by atoms with E-state index < -0.39 is 5.91 Å². The molecule has 4 heteroatoms. The quantitative estimate of drug-likeness (QED) is 0.362. The van der Waals surface area contributed by atoms with E-state index in [0.29, 0.717) is 6.42 Å². The van der Waals surface area contributed by atoms with Crippen molar-refractivity contribution in [1.29, 1.82) is 0 Å². The number of amides is 2. The van der Waals surface area contributed by atoms with Crippen LogP contribution in [0.5, 0.6) is 0 Å². The van der Waals surface area contributed by atoms with Crippen LogP contribution >= 0.6 is 0 Å². The van der Waals surface area contributed by atoms with Gasteiger partial charge in [-0.05, 0) is 13.3 Å². The van der Waals surface area contributed by atoms with Crippen LogP contribution in [0.15, 0.2) is 24.3 Å². The molecule has 0 aliphatic carbocycles. The minimum absolute atomic E-state index is 0.00807. The number of carbonyl (C=O) groups excluding carboxylic acids is 2. The zero-order valence-electron chi connectivity index (χ0n) is 12.0. The number of unbranched alkanes of at least 4 members (excludes halogenated alkanes) is 4. The lowest BCUT2D eigenvalue weighted by Gasteiger charge is -2.10. The summed E-state index contributed by atoms with van der Waals surface area (Å²) < 4.78 is 0. The van der Waals surface area contributed by atoms with Crippen molar-refractivity contribution in [2.24, 2.45) is 5.73 Å². The Morgan fingerprint density at radius 2 is 1.84 bits per heavy atom. The summed E-state index contributed by atoms with van der Waals surface area (Å²) in [5, 5.41) is 2.84. The first-order chi connectivity index (χ1) is 9.10. The molecular weight excluding hydrogens is 240 g/mol. The Bertz CT molecular complexity index is 322. The average molecular weight is 266 g/mol. The maximum Gasteiger partial charge on any atom is 0.241 e. The second-order valence-corrected chi connectivity index (χ2v) is 4.54. The van der Waals surface area contributed by atoms with E-state index in [0.717, 1.165) is 12.8 Å². The van der Waals surface area contributed by atoms with Crippen molar-refractivity contribution in [2.45, 2.75) is 58.4 Å². The van der Waals surface area contributed by atoms with E-state index in [-0.39, 0.29) is 11.9 Å². The third-order valence-corrected chi connectivity index (χ3v) is 2.70. The van der Waals surface area contributed by atoms with Crippen molar-refractivity contribution in [2.75, 3.05) is 0 Å². The summed E-state index contributed by atoms with van der Waals surface area (Å²) in [6.07, 6.45) is 12.7. The Kier molecular flexibility index (Phi) is 10.6. The van der Waals surface area contributed by atoms with Gasteiger partial charge in [0.15, 0.2) is 0 Å². The zero-order chi connectivity index (χ0) is 14.5. The van der Waals surface area contributed by atoms with Crippen LogP contribution < -0.4 is 11.1 Å². The highest BCUT2D eigenvalue weighted by atomic mass is 16.2. The monoisotopic (exact) mass is 266 g/mol. The van der Waals surface area contributed by atoms with E-state index in [1.807, 2.05) is 19.1 Å². The predicted molar refractivity (Wildman–Crippen MR) is 78.5 cm³/mol. The first kappa shape index (κ1) is 17.4. The fraction of sp³-hybridized carbons (Fsp3) is 0.600. The van der Waals surface area contributed by atoms with Gasteiger partial charge in [-0.2, -0.15) is 0 Å². The van der Waals surface area contributed by atoms with Gasteiger partial charge in [-0.25, -0.2) is 0 Å². The van der Waals surface area contributed by atoms with Crippen LogP contribution in [0.2, 0.25) is 0 Å². The highest BCUT2D eigenvalue weighted by Gasteiger charge is 2.06. The van der Waals surface area contributed by atoms with Crippen LogP contribution in [0.3, 0.4) is 0 Å². The lowest BCUT2D eigenvalue weighted by atomic mass is 10.1. The molecule has 0 saturated carbocycles. The largest absolute Gasteiger partial charge is 0.366 e. The van der Waals surface area contributed by atoms with Crippen LogP contribution in [0.1, 0.15) is 52.4 Å². The molecule has 0 bridgehead atoms. The highest BCUT2D eigenvalue weighted by Crippen LogP contribution is 2.05. The number of nitrogens with two attached hydrogens (primary N) is 1. The molecule has 0 fully saturated rings. The summed E-state index contributed by atoms with van der Waals surface area (Å²) in [6, 6.07) is -0.263. The first-order valence-corrected chi connectivity index (χ1v) is 7.00. The van der Waals surface area contributed by atoms with Gasteiger partial charge in [-0.3, -0.25) is 9.59 Å². The number of nitrogens with one attached hydrogen (secondary N) is 1. The molecule has 108 valence electrons. The van der Waals surface area contributed by atoms with Gasteiger partial charge in [0.2, 0.25) is 11.8 Å². The van der Waals surface area contributed by atoms with Gasteiger partial charge in [0.1, 0.15) is 0 Å². The number of allylic oxidation sites excluding steroid dienone is 1. The van der Waals surface area contributed by atoms with Gasteiger partial charge >= 0.3 is 0 Å². The lowest BCUT2D eigenvalue weighted by Crippen LogP contribution is -2.32. The summed E-state index contributed by atoms with van der Waals surface area (Å²) in [7, 11) is 0. The molecule has 1 unspecified atom stereocenters. The summed E-state index contributed by atoms with van der Waals surface area (Å²) in [4.78, 5) is 22.4. The van der Waals surface area contributed by atoms with Crippen molar-refractivity contribution >= 4 is 11.8 Å². The Hall–Kier alpha value is -1.58. The molecule has 3 N–H and O–H groups in total. The first-order valence-electron chi connectivity index (χ1n) is 7.00. The maximum absolute atomic E-state index is 11.7. The summed E-state index contributed by atoms with van der Waals surface area (Å²) in [5.74, 6) is -0.503. The molecule has 0 radical (unpaired) electrons. The fourth-order valence-corrected chi connectivity index (χ4v) is 1.71. The van der Waals surface area contributed by atoms with E-state index in [9.17, 15) is 9.59 Å². The second-order valence-electron chi connectivity index (χ2n) is 4.54. The fourth-order valence-electron chi connectivity index (χ4n) is 1.71. The molecule has 1 atom stereocenters. The Morgan fingerprint density at radius 3 is 2.42 bits per heavy atom. The molecule has 4 nitrogen and oxygen atoms in total. The summed E-state index contributed by atoms with van der Waals surface area (Å²) in [5.41, 5.74) is 5.03. The third kappa shape index (κ3) is 11.3. The van der Waals surface area contributed by atoms with Crippen LogP contribution in [0.4, 0.5) is 0 Å². The molecule has 0 aromatic carbocycles. The number of hydrogen-bond acceptors (Lipinski definition) is 2.